The lowest BCUT2D eigenvalue weighted by atomic mass is 9.96. The molecule has 1 aromatic heterocycles. The molecule has 1 fully saturated rings. The van der Waals surface area contributed by atoms with E-state index < -0.39 is 12.0 Å². The summed E-state index contributed by atoms with van der Waals surface area (Å²) in [5.41, 5.74) is 0.432. The normalized spacial score (nSPS) is 19.6. The average molecular weight is 356 g/mol. The number of hydrogen-bond acceptors (Lipinski definition) is 5. The van der Waals surface area contributed by atoms with E-state index in [1.54, 1.807) is 35.8 Å². The molecule has 0 radical (unpaired) electrons. The van der Waals surface area contributed by atoms with Crippen LogP contribution in [0.1, 0.15) is 41.3 Å². The maximum atomic E-state index is 12.9. The van der Waals surface area contributed by atoms with Crippen LogP contribution in [0.2, 0.25) is 0 Å². The number of carboxylic acids is 1. The molecule has 8 nitrogen and oxygen atoms in total. The lowest BCUT2D eigenvalue weighted by Crippen LogP contribution is -2.50. The molecule has 1 N–H and O–H groups in total. The molecule has 1 aliphatic heterocycles. The van der Waals surface area contributed by atoms with E-state index in [9.17, 15) is 14.7 Å². The zero-order valence-electron chi connectivity index (χ0n) is 14.5. The van der Waals surface area contributed by atoms with Crippen molar-refractivity contribution < 1.29 is 19.4 Å². The quantitative estimate of drug-likeness (QED) is 0.894. The van der Waals surface area contributed by atoms with Gasteiger partial charge in [0.05, 0.1) is 19.2 Å². The Kier molecular flexibility index (Phi) is 4.10. The third-order valence-electron chi connectivity index (χ3n) is 5.06. The predicted octanol–water partition coefficient (Wildman–Crippen LogP) is 1.63. The Bertz CT molecular complexity index is 841. The van der Waals surface area contributed by atoms with Gasteiger partial charge < -0.3 is 19.3 Å². The van der Waals surface area contributed by atoms with Crippen molar-refractivity contribution in [1.82, 2.24) is 19.7 Å². The number of rotatable bonds is 4. The molecule has 4 rings (SSSR count). The van der Waals surface area contributed by atoms with Gasteiger partial charge in [-0.2, -0.15) is 0 Å². The summed E-state index contributed by atoms with van der Waals surface area (Å²) >= 11 is 0. The SMILES string of the molecule is Cc1nnc2n1CC(C(=O)O)N(C(=O)c1ccc(OC3CCC3)cc1)C2. The minimum absolute atomic E-state index is 0.122. The highest BCUT2D eigenvalue weighted by Crippen LogP contribution is 2.26. The number of carbonyl (C=O) groups excluding carboxylic acids is 1. The van der Waals surface area contributed by atoms with Gasteiger partial charge in [-0.15, -0.1) is 10.2 Å². The fourth-order valence-corrected chi connectivity index (χ4v) is 3.26. The maximum Gasteiger partial charge on any atom is 0.328 e. The van der Waals surface area contributed by atoms with Crippen LogP contribution in [0.4, 0.5) is 0 Å². The van der Waals surface area contributed by atoms with Crippen LogP contribution >= 0.6 is 0 Å². The van der Waals surface area contributed by atoms with Crippen LogP contribution in [-0.4, -0.2) is 48.8 Å². The zero-order valence-corrected chi connectivity index (χ0v) is 14.5. The standard InChI is InChI=1S/C18H20N4O4/c1-11-19-20-16-10-22(15(18(24)25)9-21(11)16)17(23)12-5-7-14(8-6-12)26-13-3-2-4-13/h5-8,13,15H,2-4,9-10H2,1H3,(H,24,25). The van der Waals surface area contributed by atoms with E-state index >= 15 is 0 Å². The third-order valence-corrected chi connectivity index (χ3v) is 5.06. The second-order valence-corrected chi connectivity index (χ2v) is 6.76. The van der Waals surface area contributed by atoms with Crippen molar-refractivity contribution in [2.45, 2.75) is 51.4 Å². The number of hydrogen-bond donors (Lipinski definition) is 1. The summed E-state index contributed by atoms with van der Waals surface area (Å²) in [5.74, 6) is 0.603. The van der Waals surface area contributed by atoms with E-state index in [0.29, 0.717) is 17.2 Å². The summed E-state index contributed by atoms with van der Waals surface area (Å²) in [7, 11) is 0. The Balaban J connectivity index is 1.54. The maximum absolute atomic E-state index is 12.9. The number of aliphatic carboxylic acids is 1. The number of carbonyl (C=O) groups is 2. The van der Waals surface area contributed by atoms with Crippen LogP contribution in [-0.2, 0) is 17.9 Å². The van der Waals surface area contributed by atoms with Crippen molar-refractivity contribution in [3.63, 3.8) is 0 Å². The first kappa shape index (κ1) is 16.6. The zero-order chi connectivity index (χ0) is 18.3. The molecule has 2 aromatic rings. The summed E-state index contributed by atoms with van der Waals surface area (Å²) < 4.78 is 7.55. The summed E-state index contributed by atoms with van der Waals surface area (Å²) in [5, 5.41) is 17.6. The minimum atomic E-state index is -1.04. The van der Waals surface area contributed by atoms with Gasteiger partial charge in [-0.05, 0) is 50.5 Å². The molecular weight excluding hydrogens is 336 g/mol. The lowest BCUT2D eigenvalue weighted by Gasteiger charge is -2.33. The van der Waals surface area contributed by atoms with E-state index in [2.05, 4.69) is 10.2 Å². The van der Waals surface area contributed by atoms with Crippen molar-refractivity contribution in [2.24, 2.45) is 0 Å². The molecule has 0 spiro atoms. The summed E-state index contributed by atoms with van der Waals surface area (Å²) in [6.45, 7) is 2.04. The predicted molar refractivity (Wildman–Crippen MR) is 90.8 cm³/mol. The Morgan fingerprint density at radius 2 is 1.92 bits per heavy atom. The Morgan fingerprint density at radius 3 is 2.54 bits per heavy atom. The number of amides is 1. The van der Waals surface area contributed by atoms with Gasteiger partial charge in [0.15, 0.2) is 5.82 Å². The summed E-state index contributed by atoms with van der Waals surface area (Å²) in [6.07, 6.45) is 3.59. The molecular formula is C18H20N4O4. The third kappa shape index (κ3) is 2.91. The number of benzene rings is 1. The highest BCUT2D eigenvalue weighted by Gasteiger charge is 2.36. The molecule has 2 aliphatic rings. The molecule has 1 amide bonds. The number of nitrogens with zero attached hydrogens (tertiary/aromatic N) is 4. The van der Waals surface area contributed by atoms with Gasteiger partial charge in [-0.1, -0.05) is 0 Å². The minimum Gasteiger partial charge on any atom is -0.490 e. The first-order valence-electron chi connectivity index (χ1n) is 8.72. The molecule has 8 heteroatoms. The van der Waals surface area contributed by atoms with Crippen LogP contribution in [0.3, 0.4) is 0 Å². The Hall–Kier alpha value is -2.90. The van der Waals surface area contributed by atoms with Gasteiger partial charge in [-0.3, -0.25) is 4.79 Å². The molecule has 0 bridgehead atoms. The van der Waals surface area contributed by atoms with Crippen LogP contribution in [0.15, 0.2) is 24.3 Å². The second-order valence-electron chi connectivity index (χ2n) is 6.76. The lowest BCUT2D eigenvalue weighted by molar-refractivity contribution is -0.143. The summed E-state index contributed by atoms with van der Waals surface area (Å²) in [4.78, 5) is 25.9. The monoisotopic (exact) mass is 356 g/mol. The van der Waals surface area contributed by atoms with E-state index in [4.69, 9.17) is 4.74 Å². The van der Waals surface area contributed by atoms with Gasteiger partial charge in [0.25, 0.3) is 5.91 Å². The van der Waals surface area contributed by atoms with Crippen molar-refractivity contribution in [3.8, 4) is 5.75 Å². The number of ether oxygens (including phenoxy) is 1. The van der Waals surface area contributed by atoms with Gasteiger partial charge >= 0.3 is 5.97 Å². The highest BCUT2D eigenvalue weighted by molar-refractivity contribution is 5.96. The number of carboxylic acid groups (broad SMARTS) is 1. The number of fused-ring (bicyclic) bond motifs is 1. The largest absolute Gasteiger partial charge is 0.490 e. The van der Waals surface area contributed by atoms with Crippen molar-refractivity contribution in [2.75, 3.05) is 0 Å². The second kappa shape index (κ2) is 6.44. The van der Waals surface area contributed by atoms with Crippen molar-refractivity contribution in [3.05, 3.63) is 41.5 Å². The molecule has 26 heavy (non-hydrogen) atoms. The van der Waals surface area contributed by atoms with Gasteiger partial charge in [0, 0.05) is 5.56 Å². The van der Waals surface area contributed by atoms with E-state index in [0.717, 1.165) is 18.6 Å². The molecule has 1 unspecified atom stereocenters. The highest BCUT2D eigenvalue weighted by atomic mass is 16.5. The smallest absolute Gasteiger partial charge is 0.328 e. The van der Waals surface area contributed by atoms with Crippen LogP contribution < -0.4 is 4.74 Å². The average Bonchev–Trinajstić information content (AvgIpc) is 2.97. The Labute approximate surface area is 150 Å². The molecule has 0 saturated heterocycles. The number of aryl methyl sites for hydroxylation is 1. The fourth-order valence-electron chi connectivity index (χ4n) is 3.26. The topological polar surface area (TPSA) is 97.5 Å². The fraction of sp³-hybridized carbons (Fsp3) is 0.444. The number of aromatic nitrogens is 3. The molecule has 2 heterocycles. The first-order chi connectivity index (χ1) is 12.5. The molecule has 1 saturated carbocycles. The molecule has 1 aromatic carbocycles. The van der Waals surface area contributed by atoms with Crippen LogP contribution in [0.5, 0.6) is 5.75 Å². The van der Waals surface area contributed by atoms with E-state index in [1.165, 1.54) is 11.3 Å². The Morgan fingerprint density at radius 1 is 1.19 bits per heavy atom. The van der Waals surface area contributed by atoms with Crippen LogP contribution in [0.25, 0.3) is 0 Å². The van der Waals surface area contributed by atoms with E-state index in [1.807, 2.05) is 0 Å². The molecule has 1 atom stereocenters. The van der Waals surface area contributed by atoms with Gasteiger partial charge in [-0.25, -0.2) is 4.79 Å². The summed E-state index contributed by atoms with van der Waals surface area (Å²) in [6, 6.07) is 5.94. The van der Waals surface area contributed by atoms with Crippen molar-refractivity contribution >= 4 is 11.9 Å². The molecule has 136 valence electrons. The van der Waals surface area contributed by atoms with Crippen molar-refractivity contribution in [1.29, 1.82) is 0 Å². The van der Waals surface area contributed by atoms with Gasteiger partial charge in [0.1, 0.15) is 17.6 Å². The van der Waals surface area contributed by atoms with Gasteiger partial charge in [0.2, 0.25) is 0 Å². The first-order valence-corrected chi connectivity index (χ1v) is 8.72. The van der Waals surface area contributed by atoms with Crippen LogP contribution in [0, 0.1) is 6.92 Å². The molecule has 1 aliphatic carbocycles. The van der Waals surface area contributed by atoms with E-state index in [-0.39, 0.29) is 25.1 Å².